The van der Waals surface area contributed by atoms with Crippen molar-refractivity contribution in [3.8, 4) is 0 Å². The molecule has 1 atom stereocenters. The van der Waals surface area contributed by atoms with Crippen molar-refractivity contribution in [2.24, 2.45) is 0 Å². The van der Waals surface area contributed by atoms with Crippen molar-refractivity contribution in [1.29, 1.82) is 0 Å². The number of carbonyl (C=O) groups is 1. The number of β-amino-alcohol motifs (C(OH)–C–C–N with tert-alkyl or cyclic N) is 1. The fraction of sp³-hybridized carbons (Fsp3) is 0.929. The van der Waals surface area contributed by atoms with Gasteiger partial charge in [0.25, 0.3) is 0 Å². The van der Waals surface area contributed by atoms with Gasteiger partial charge in [0.05, 0.1) is 6.61 Å². The molecule has 19 heavy (non-hydrogen) atoms. The SMILES string of the molecule is CCN(C(=O)OC(C)(C)C)[C@@H]1CCCN(CCO)C1. The van der Waals surface area contributed by atoms with Crippen LogP contribution in [-0.2, 0) is 4.74 Å². The molecule has 0 radical (unpaired) electrons. The lowest BCUT2D eigenvalue weighted by atomic mass is 10.0. The molecule has 0 unspecified atom stereocenters. The summed E-state index contributed by atoms with van der Waals surface area (Å²) in [6.45, 7) is 11.0. The van der Waals surface area contributed by atoms with E-state index in [1.807, 2.05) is 32.6 Å². The molecule has 1 fully saturated rings. The van der Waals surface area contributed by atoms with Crippen LogP contribution in [0.1, 0.15) is 40.5 Å². The van der Waals surface area contributed by atoms with Crippen molar-refractivity contribution in [2.45, 2.75) is 52.2 Å². The number of nitrogens with zero attached hydrogens (tertiary/aromatic N) is 2. The normalized spacial score (nSPS) is 21.2. The molecule has 0 aromatic rings. The minimum absolute atomic E-state index is 0.172. The molecule has 0 aliphatic carbocycles. The van der Waals surface area contributed by atoms with Crippen molar-refractivity contribution in [1.82, 2.24) is 9.80 Å². The highest BCUT2D eigenvalue weighted by molar-refractivity contribution is 5.68. The third kappa shape index (κ3) is 5.37. The van der Waals surface area contributed by atoms with Crippen LogP contribution in [0.15, 0.2) is 0 Å². The van der Waals surface area contributed by atoms with Gasteiger partial charge in [-0.3, -0.25) is 4.90 Å². The maximum atomic E-state index is 12.2. The molecule has 0 aromatic carbocycles. The Labute approximate surface area is 116 Å². The van der Waals surface area contributed by atoms with Gasteiger partial charge in [0.1, 0.15) is 5.60 Å². The van der Waals surface area contributed by atoms with E-state index in [9.17, 15) is 4.79 Å². The molecule has 1 aliphatic heterocycles. The summed E-state index contributed by atoms with van der Waals surface area (Å²) in [7, 11) is 0. The number of likely N-dealkylation sites (tertiary alicyclic amines) is 1. The number of amides is 1. The number of hydrogen-bond donors (Lipinski definition) is 1. The zero-order valence-electron chi connectivity index (χ0n) is 12.7. The quantitative estimate of drug-likeness (QED) is 0.846. The number of carbonyl (C=O) groups excluding carboxylic acids is 1. The van der Waals surface area contributed by atoms with E-state index >= 15 is 0 Å². The number of aliphatic hydroxyl groups excluding tert-OH is 1. The third-order valence-corrected chi connectivity index (χ3v) is 3.31. The van der Waals surface area contributed by atoms with Crippen LogP contribution in [0.3, 0.4) is 0 Å². The number of likely N-dealkylation sites (N-methyl/N-ethyl adjacent to an activating group) is 1. The van der Waals surface area contributed by atoms with Crippen molar-refractivity contribution in [3.63, 3.8) is 0 Å². The molecule has 0 bridgehead atoms. The average molecular weight is 272 g/mol. The Morgan fingerprint density at radius 2 is 2.16 bits per heavy atom. The molecular weight excluding hydrogens is 244 g/mol. The predicted molar refractivity (Wildman–Crippen MR) is 75.2 cm³/mol. The number of rotatable bonds is 4. The molecule has 5 heteroatoms. The molecule has 1 amide bonds. The maximum Gasteiger partial charge on any atom is 0.410 e. The Kier molecular flexibility index (Phi) is 6.07. The van der Waals surface area contributed by atoms with Gasteiger partial charge in [0, 0.05) is 25.7 Å². The molecule has 1 N–H and O–H groups in total. The molecule has 5 nitrogen and oxygen atoms in total. The summed E-state index contributed by atoms with van der Waals surface area (Å²) in [4.78, 5) is 16.2. The fourth-order valence-electron chi connectivity index (χ4n) is 2.49. The first-order valence-corrected chi connectivity index (χ1v) is 7.20. The van der Waals surface area contributed by atoms with Gasteiger partial charge in [-0.1, -0.05) is 0 Å². The first kappa shape index (κ1) is 16.2. The Morgan fingerprint density at radius 1 is 1.47 bits per heavy atom. The molecule has 1 heterocycles. The Bertz CT molecular complexity index is 287. The van der Waals surface area contributed by atoms with Crippen LogP contribution in [0.2, 0.25) is 0 Å². The van der Waals surface area contributed by atoms with E-state index in [1.54, 1.807) is 0 Å². The van der Waals surface area contributed by atoms with E-state index in [-0.39, 0.29) is 18.7 Å². The van der Waals surface area contributed by atoms with Gasteiger partial charge in [0.2, 0.25) is 0 Å². The predicted octanol–water partition coefficient (Wildman–Crippen LogP) is 1.70. The second-order valence-corrected chi connectivity index (χ2v) is 6.09. The molecule has 1 rings (SSSR count). The number of piperidine rings is 1. The van der Waals surface area contributed by atoms with Gasteiger partial charge in [-0.05, 0) is 47.1 Å². The van der Waals surface area contributed by atoms with Crippen molar-refractivity contribution >= 4 is 6.09 Å². The van der Waals surface area contributed by atoms with Gasteiger partial charge in [0.15, 0.2) is 0 Å². The number of hydrogen-bond acceptors (Lipinski definition) is 4. The summed E-state index contributed by atoms with van der Waals surface area (Å²) >= 11 is 0. The molecular formula is C14H28N2O3. The lowest BCUT2D eigenvalue weighted by Gasteiger charge is -2.39. The van der Waals surface area contributed by atoms with E-state index in [2.05, 4.69) is 4.90 Å². The highest BCUT2D eigenvalue weighted by atomic mass is 16.6. The largest absolute Gasteiger partial charge is 0.444 e. The highest BCUT2D eigenvalue weighted by Crippen LogP contribution is 2.18. The van der Waals surface area contributed by atoms with E-state index in [0.29, 0.717) is 13.1 Å². The molecule has 112 valence electrons. The lowest BCUT2D eigenvalue weighted by Crippen LogP contribution is -2.51. The minimum Gasteiger partial charge on any atom is -0.444 e. The van der Waals surface area contributed by atoms with Crippen LogP contribution in [0.25, 0.3) is 0 Å². The monoisotopic (exact) mass is 272 g/mol. The van der Waals surface area contributed by atoms with Crippen LogP contribution in [0, 0.1) is 0 Å². The van der Waals surface area contributed by atoms with Crippen LogP contribution in [0.4, 0.5) is 4.79 Å². The summed E-state index contributed by atoms with van der Waals surface area (Å²) in [6, 6.07) is 0.195. The van der Waals surface area contributed by atoms with Crippen molar-refractivity contribution in [3.05, 3.63) is 0 Å². The maximum absolute atomic E-state index is 12.2. The second kappa shape index (κ2) is 7.10. The summed E-state index contributed by atoms with van der Waals surface area (Å²) in [6.07, 6.45) is 1.84. The molecule has 1 saturated heterocycles. The standard InChI is InChI=1S/C14H28N2O3/c1-5-16(13(18)19-14(2,3)4)12-7-6-8-15(11-12)9-10-17/h12,17H,5-11H2,1-4H3/t12-/m1/s1. The third-order valence-electron chi connectivity index (χ3n) is 3.31. The van der Waals surface area contributed by atoms with Gasteiger partial charge < -0.3 is 14.7 Å². The van der Waals surface area contributed by atoms with Gasteiger partial charge in [-0.25, -0.2) is 4.79 Å². The van der Waals surface area contributed by atoms with Crippen LogP contribution in [-0.4, -0.2) is 65.4 Å². The average Bonchev–Trinajstić information content (AvgIpc) is 2.28. The Balaban J connectivity index is 2.60. The van der Waals surface area contributed by atoms with Gasteiger partial charge >= 0.3 is 6.09 Å². The number of aliphatic hydroxyl groups is 1. The van der Waals surface area contributed by atoms with E-state index < -0.39 is 5.60 Å². The smallest absolute Gasteiger partial charge is 0.410 e. The Hall–Kier alpha value is -0.810. The summed E-state index contributed by atoms with van der Waals surface area (Å²) in [5.41, 5.74) is -0.454. The fourth-order valence-corrected chi connectivity index (χ4v) is 2.49. The molecule has 1 aliphatic rings. The first-order valence-electron chi connectivity index (χ1n) is 7.20. The lowest BCUT2D eigenvalue weighted by molar-refractivity contribution is 0.00684. The summed E-state index contributed by atoms with van der Waals surface area (Å²) in [5.74, 6) is 0. The summed E-state index contributed by atoms with van der Waals surface area (Å²) < 4.78 is 5.46. The van der Waals surface area contributed by atoms with E-state index in [1.165, 1.54) is 0 Å². The number of ether oxygens (including phenoxy) is 1. The van der Waals surface area contributed by atoms with Crippen molar-refractivity contribution < 1.29 is 14.6 Å². The zero-order chi connectivity index (χ0) is 14.5. The molecule has 0 spiro atoms. The van der Waals surface area contributed by atoms with Crippen LogP contribution >= 0.6 is 0 Å². The molecule has 0 saturated carbocycles. The second-order valence-electron chi connectivity index (χ2n) is 6.09. The van der Waals surface area contributed by atoms with Gasteiger partial charge in [-0.15, -0.1) is 0 Å². The topological polar surface area (TPSA) is 53.0 Å². The van der Waals surface area contributed by atoms with Gasteiger partial charge in [-0.2, -0.15) is 0 Å². The van der Waals surface area contributed by atoms with Crippen molar-refractivity contribution in [2.75, 3.05) is 32.8 Å². The zero-order valence-corrected chi connectivity index (χ0v) is 12.7. The summed E-state index contributed by atoms with van der Waals surface area (Å²) in [5, 5.41) is 9.02. The van der Waals surface area contributed by atoms with E-state index in [4.69, 9.17) is 9.84 Å². The molecule has 0 aromatic heterocycles. The highest BCUT2D eigenvalue weighted by Gasteiger charge is 2.30. The Morgan fingerprint density at radius 3 is 2.68 bits per heavy atom. The first-order chi connectivity index (χ1) is 8.87. The van der Waals surface area contributed by atoms with E-state index in [0.717, 1.165) is 25.9 Å². The van der Waals surface area contributed by atoms with Crippen LogP contribution < -0.4 is 0 Å². The minimum atomic E-state index is -0.454. The van der Waals surface area contributed by atoms with Crippen LogP contribution in [0.5, 0.6) is 0 Å².